The lowest BCUT2D eigenvalue weighted by molar-refractivity contribution is -0.0646. The monoisotopic (exact) mass is 632 g/mol. The Labute approximate surface area is 271 Å². The van der Waals surface area contributed by atoms with E-state index < -0.39 is 42.4 Å². The lowest BCUT2D eigenvalue weighted by Crippen LogP contribution is -2.41. The van der Waals surface area contributed by atoms with Crippen molar-refractivity contribution in [3.8, 4) is 0 Å². The van der Waals surface area contributed by atoms with Gasteiger partial charge in [-0.25, -0.2) is 19.4 Å². The third kappa shape index (κ3) is 7.81. The zero-order valence-corrected chi connectivity index (χ0v) is 25.3. The van der Waals surface area contributed by atoms with Crippen LogP contribution in [-0.4, -0.2) is 52.4 Å². The van der Waals surface area contributed by atoms with Crippen molar-refractivity contribution in [2.75, 3.05) is 6.61 Å². The number of carbonyl (C=O) groups excluding carboxylic acids is 3. The number of rotatable bonds is 12. The van der Waals surface area contributed by atoms with Gasteiger partial charge in [0.1, 0.15) is 12.7 Å². The van der Waals surface area contributed by atoms with Crippen LogP contribution in [0.1, 0.15) is 48.6 Å². The van der Waals surface area contributed by atoms with E-state index in [9.17, 15) is 14.4 Å². The molecule has 0 unspecified atom stereocenters. The van der Waals surface area contributed by atoms with Crippen molar-refractivity contribution in [2.24, 2.45) is 0 Å². The molecular formula is C37H32N2O8. The zero-order valence-electron chi connectivity index (χ0n) is 25.3. The van der Waals surface area contributed by atoms with Gasteiger partial charge in [0.25, 0.3) is 0 Å². The van der Waals surface area contributed by atoms with Gasteiger partial charge in [0.2, 0.25) is 0 Å². The highest BCUT2D eigenvalue weighted by Gasteiger charge is 2.51. The van der Waals surface area contributed by atoms with Crippen LogP contribution in [0, 0.1) is 0 Å². The van der Waals surface area contributed by atoms with Crippen molar-refractivity contribution < 1.29 is 38.1 Å². The van der Waals surface area contributed by atoms with E-state index >= 15 is 0 Å². The Morgan fingerprint density at radius 1 is 0.638 bits per heavy atom. The largest absolute Gasteiger partial charge is 0.459 e. The van der Waals surface area contributed by atoms with Gasteiger partial charge in [-0.1, -0.05) is 84.9 Å². The van der Waals surface area contributed by atoms with Gasteiger partial charge in [-0.15, -0.1) is 0 Å². The normalized spacial score (nSPS) is 18.7. The number of carbonyl (C=O) groups is 3. The molecule has 5 aromatic rings. The summed E-state index contributed by atoms with van der Waals surface area (Å²) in [4.78, 5) is 44.0. The van der Waals surface area contributed by atoms with Crippen LogP contribution in [0.15, 0.2) is 134 Å². The maximum absolute atomic E-state index is 13.4. The minimum absolute atomic E-state index is 0.163. The molecule has 4 aromatic carbocycles. The molecule has 1 aromatic heterocycles. The maximum Gasteiger partial charge on any atom is 0.338 e. The number of imidazole rings is 1. The van der Waals surface area contributed by atoms with Gasteiger partial charge in [-0.05, 0) is 42.0 Å². The summed E-state index contributed by atoms with van der Waals surface area (Å²) in [5.41, 5.74) is 2.57. The topological polar surface area (TPSA) is 115 Å². The Kier molecular flexibility index (Phi) is 10.1. The summed E-state index contributed by atoms with van der Waals surface area (Å²) >= 11 is 0. The molecule has 0 saturated carbocycles. The lowest BCUT2D eigenvalue weighted by Gasteiger charge is -2.25. The third-order valence-corrected chi connectivity index (χ3v) is 7.56. The molecule has 1 aliphatic rings. The number of benzene rings is 4. The molecule has 0 spiro atoms. The Hall–Kier alpha value is -5.58. The molecule has 4 atom stereocenters. The van der Waals surface area contributed by atoms with E-state index in [1.165, 1.54) is 6.33 Å². The fraction of sp³-hybridized carbons (Fsp3) is 0.189. The van der Waals surface area contributed by atoms with Gasteiger partial charge >= 0.3 is 17.9 Å². The van der Waals surface area contributed by atoms with Gasteiger partial charge in [0.15, 0.2) is 18.4 Å². The quantitative estimate of drug-likeness (QED) is 0.124. The van der Waals surface area contributed by atoms with Crippen LogP contribution >= 0.6 is 0 Å². The average molecular weight is 633 g/mol. The predicted molar refractivity (Wildman–Crippen MR) is 169 cm³/mol. The van der Waals surface area contributed by atoms with E-state index in [1.54, 1.807) is 102 Å². The summed E-state index contributed by atoms with van der Waals surface area (Å²) in [5.74, 6) is -1.88. The second-order valence-electron chi connectivity index (χ2n) is 10.8. The first-order chi connectivity index (χ1) is 23.1. The predicted octanol–water partition coefficient (Wildman–Crippen LogP) is 5.81. The van der Waals surface area contributed by atoms with E-state index in [4.69, 9.17) is 23.7 Å². The molecule has 0 aliphatic carbocycles. The minimum Gasteiger partial charge on any atom is -0.459 e. The summed E-state index contributed by atoms with van der Waals surface area (Å²) in [6.07, 6.45) is -1.17. The highest BCUT2D eigenvalue weighted by atomic mass is 16.7. The van der Waals surface area contributed by atoms with Crippen molar-refractivity contribution in [1.29, 1.82) is 0 Å². The summed E-state index contributed by atoms with van der Waals surface area (Å²) < 4.78 is 31.8. The van der Waals surface area contributed by atoms with E-state index in [0.29, 0.717) is 29.0 Å². The van der Waals surface area contributed by atoms with Crippen molar-refractivity contribution >= 4 is 17.9 Å². The molecule has 0 N–H and O–H groups in total. The smallest absolute Gasteiger partial charge is 0.338 e. The fourth-order valence-corrected chi connectivity index (χ4v) is 5.20. The molecule has 1 fully saturated rings. The second-order valence-corrected chi connectivity index (χ2v) is 10.8. The van der Waals surface area contributed by atoms with Crippen molar-refractivity contribution in [3.05, 3.63) is 162 Å². The number of esters is 3. The van der Waals surface area contributed by atoms with Crippen LogP contribution in [0.5, 0.6) is 0 Å². The third-order valence-electron chi connectivity index (χ3n) is 7.56. The molecule has 10 nitrogen and oxygen atoms in total. The Bertz CT molecular complexity index is 1760. The number of ether oxygens (including phenoxy) is 5. The van der Waals surface area contributed by atoms with E-state index in [1.807, 2.05) is 30.3 Å². The molecule has 10 heteroatoms. The minimum atomic E-state index is -1.16. The van der Waals surface area contributed by atoms with Crippen LogP contribution in [0.25, 0.3) is 0 Å². The van der Waals surface area contributed by atoms with E-state index in [0.717, 1.165) is 5.56 Å². The molecule has 0 radical (unpaired) electrons. The first-order valence-electron chi connectivity index (χ1n) is 15.1. The Morgan fingerprint density at radius 3 is 1.72 bits per heavy atom. The first-order valence-corrected chi connectivity index (χ1v) is 15.1. The van der Waals surface area contributed by atoms with Crippen molar-refractivity contribution in [2.45, 2.75) is 37.8 Å². The molecule has 2 heterocycles. The first kappa shape index (κ1) is 31.4. The fourth-order valence-electron chi connectivity index (χ4n) is 5.20. The van der Waals surface area contributed by atoms with E-state index in [2.05, 4.69) is 4.98 Å². The van der Waals surface area contributed by atoms with Gasteiger partial charge in [0.05, 0.1) is 48.1 Å². The van der Waals surface area contributed by atoms with Crippen LogP contribution in [0.3, 0.4) is 0 Å². The van der Waals surface area contributed by atoms with Crippen LogP contribution < -0.4 is 0 Å². The van der Waals surface area contributed by atoms with Crippen LogP contribution in [0.4, 0.5) is 0 Å². The SMILES string of the molecule is O=C(OC[C@H]1O[C@@H](n2cncc2COCc2ccccc2)[C@H](OC(=O)c2ccccc2)[C@@H]1OC(=O)c1ccccc1)c1ccccc1. The molecule has 0 amide bonds. The Balaban J connectivity index is 1.30. The summed E-state index contributed by atoms with van der Waals surface area (Å²) in [6, 6.07) is 35.1. The summed E-state index contributed by atoms with van der Waals surface area (Å²) in [5, 5.41) is 0. The van der Waals surface area contributed by atoms with Gasteiger partial charge in [-0.3, -0.25) is 0 Å². The van der Waals surface area contributed by atoms with Crippen LogP contribution in [-0.2, 0) is 36.9 Å². The second kappa shape index (κ2) is 15.1. The molecule has 6 rings (SSSR count). The van der Waals surface area contributed by atoms with Gasteiger partial charge < -0.3 is 28.3 Å². The Morgan fingerprint density at radius 2 is 1.15 bits per heavy atom. The molecular weight excluding hydrogens is 600 g/mol. The number of hydrogen-bond donors (Lipinski definition) is 0. The highest BCUT2D eigenvalue weighted by Crippen LogP contribution is 2.36. The van der Waals surface area contributed by atoms with Crippen molar-refractivity contribution in [1.82, 2.24) is 9.55 Å². The average Bonchev–Trinajstić information content (AvgIpc) is 3.72. The number of hydrogen-bond acceptors (Lipinski definition) is 9. The van der Waals surface area contributed by atoms with E-state index in [-0.39, 0.29) is 13.2 Å². The lowest BCUT2D eigenvalue weighted by atomic mass is 10.1. The van der Waals surface area contributed by atoms with Gasteiger partial charge in [0, 0.05) is 0 Å². The standard InChI is InChI=1S/C37H32N2O8/c40-35(27-15-7-2-8-16-27)44-24-31-32(46-36(41)28-17-9-3-10-18-28)33(47-37(42)29-19-11-4-12-20-29)34(45-31)39-25-38-21-30(39)23-43-22-26-13-5-1-6-14-26/h1-21,25,31-34H,22-24H2/t31-,32-,33-,34-/m1/s1. The van der Waals surface area contributed by atoms with Gasteiger partial charge in [-0.2, -0.15) is 0 Å². The molecule has 1 saturated heterocycles. The molecule has 47 heavy (non-hydrogen) atoms. The summed E-state index contributed by atoms with van der Waals surface area (Å²) in [6.45, 7) is 0.237. The number of nitrogens with zero attached hydrogens (tertiary/aromatic N) is 2. The highest BCUT2D eigenvalue weighted by molar-refractivity contribution is 5.91. The molecule has 1 aliphatic heterocycles. The number of aromatic nitrogens is 2. The maximum atomic E-state index is 13.4. The molecule has 0 bridgehead atoms. The molecule has 238 valence electrons. The van der Waals surface area contributed by atoms with Crippen LogP contribution in [0.2, 0.25) is 0 Å². The zero-order chi connectivity index (χ0) is 32.4. The summed E-state index contributed by atoms with van der Waals surface area (Å²) in [7, 11) is 0. The van der Waals surface area contributed by atoms with Crippen molar-refractivity contribution in [3.63, 3.8) is 0 Å².